The van der Waals surface area contributed by atoms with Gasteiger partial charge in [-0.3, -0.25) is 9.59 Å². The standard InChI is InChI=1S/C19H22O5/c1-3-12-23-19(22)17-14(4-2)24-15(16(17)18(20)21)11-10-13-8-6-5-7-9-13/h4-11,14-17H,2-3,12H2,1H3,(H,20,21)/b11-10+. The summed E-state index contributed by atoms with van der Waals surface area (Å²) in [6.45, 7) is 5.79. The summed E-state index contributed by atoms with van der Waals surface area (Å²) >= 11 is 0. The quantitative estimate of drug-likeness (QED) is 0.615. The van der Waals surface area contributed by atoms with E-state index >= 15 is 0 Å². The zero-order valence-corrected chi connectivity index (χ0v) is 13.6. The molecule has 0 amide bonds. The van der Waals surface area contributed by atoms with Gasteiger partial charge in [-0.1, -0.05) is 55.5 Å². The Morgan fingerprint density at radius 3 is 2.54 bits per heavy atom. The minimum absolute atomic E-state index is 0.260. The largest absolute Gasteiger partial charge is 0.481 e. The number of ether oxygens (including phenoxy) is 2. The van der Waals surface area contributed by atoms with Gasteiger partial charge in [0.15, 0.2) is 0 Å². The van der Waals surface area contributed by atoms with Crippen LogP contribution in [-0.2, 0) is 19.1 Å². The molecule has 4 unspecified atom stereocenters. The Labute approximate surface area is 141 Å². The Kier molecular flexibility index (Phi) is 6.32. The molecule has 0 radical (unpaired) electrons. The second kappa shape index (κ2) is 8.45. The van der Waals surface area contributed by atoms with Crippen LogP contribution in [0.2, 0.25) is 0 Å². The van der Waals surface area contributed by atoms with E-state index in [9.17, 15) is 14.7 Å². The van der Waals surface area contributed by atoms with E-state index in [1.54, 1.807) is 12.2 Å². The van der Waals surface area contributed by atoms with Gasteiger partial charge in [-0.2, -0.15) is 0 Å². The second-order valence-electron chi connectivity index (χ2n) is 5.63. The van der Waals surface area contributed by atoms with Crippen LogP contribution in [0.3, 0.4) is 0 Å². The van der Waals surface area contributed by atoms with Crippen molar-refractivity contribution < 1.29 is 24.2 Å². The Morgan fingerprint density at radius 2 is 1.96 bits per heavy atom. The fraction of sp³-hybridized carbons (Fsp3) is 0.368. The molecule has 0 saturated carbocycles. The van der Waals surface area contributed by atoms with Gasteiger partial charge in [0.2, 0.25) is 0 Å². The molecule has 0 spiro atoms. The van der Waals surface area contributed by atoms with E-state index < -0.39 is 36.0 Å². The molecule has 1 saturated heterocycles. The number of carboxylic acid groups (broad SMARTS) is 1. The topological polar surface area (TPSA) is 72.8 Å². The summed E-state index contributed by atoms with van der Waals surface area (Å²) in [6, 6.07) is 9.48. The molecule has 0 aliphatic carbocycles. The zero-order valence-electron chi connectivity index (χ0n) is 13.6. The Hall–Kier alpha value is -2.40. The van der Waals surface area contributed by atoms with Crippen molar-refractivity contribution in [2.75, 3.05) is 6.61 Å². The Balaban J connectivity index is 2.22. The molecule has 24 heavy (non-hydrogen) atoms. The molecule has 5 nitrogen and oxygen atoms in total. The molecule has 1 heterocycles. The van der Waals surface area contributed by atoms with Crippen LogP contribution in [0.1, 0.15) is 18.9 Å². The summed E-state index contributed by atoms with van der Waals surface area (Å²) < 4.78 is 10.9. The van der Waals surface area contributed by atoms with Crippen molar-refractivity contribution in [2.24, 2.45) is 11.8 Å². The van der Waals surface area contributed by atoms with Gasteiger partial charge in [0, 0.05) is 0 Å². The van der Waals surface area contributed by atoms with Gasteiger partial charge >= 0.3 is 11.9 Å². The Morgan fingerprint density at radius 1 is 1.25 bits per heavy atom. The number of carbonyl (C=O) groups excluding carboxylic acids is 1. The number of rotatable bonds is 7. The van der Waals surface area contributed by atoms with E-state index in [0.717, 1.165) is 5.56 Å². The van der Waals surface area contributed by atoms with Gasteiger partial charge in [-0.25, -0.2) is 0 Å². The van der Waals surface area contributed by atoms with Crippen LogP contribution in [0.4, 0.5) is 0 Å². The van der Waals surface area contributed by atoms with E-state index in [4.69, 9.17) is 9.47 Å². The van der Waals surface area contributed by atoms with Gasteiger partial charge in [-0.05, 0) is 12.0 Å². The number of hydrogen-bond donors (Lipinski definition) is 1. The van der Waals surface area contributed by atoms with Gasteiger partial charge in [0.1, 0.15) is 11.8 Å². The third-order valence-electron chi connectivity index (χ3n) is 3.93. The molecule has 0 bridgehead atoms. The third kappa shape index (κ3) is 4.11. The van der Waals surface area contributed by atoms with Crippen LogP contribution < -0.4 is 0 Å². The number of benzene rings is 1. The van der Waals surface area contributed by atoms with Gasteiger partial charge in [-0.15, -0.1) is 6.58 Å². The molecular weight excluding hydrogens is 308 g/mol. The van der Waals surface area contributed by atoms with Crippen LogP contribution in [0.25, 0.3) is 6.08 Å². The highest BCUT2D eigenvalue weighted by Crippen LogP contribution is 2.35. The maximum absolute atomic E-state index is 12.3. The summed E-state index contributed by atoms with van der Waals surface area (Å²) in [5, 5.41) is 9.58. The maximum Gasteiger partial charge on any atom is 0.312 e. The summed E-state index contributed by atoms with van der Waals surface area (Å²) in [4.78, 5) is 24.0. The van der Waals surface area contributed by atoms with E-state index in [1.807, 2.05) is 37.3 Å². The van der Waals surface area contributed by atoms with Crippen LogP contribution >= 0.6 is 0 Å². The van der Waals surface area contributed by atoms with Crippen molar-refractivity contribution >= 4 is 18.0 Å². The maximum atomic E-state index is 12.3. The smallest absolute Gasteiger partial charge is 0.312 e. The highest BCUT2D eigenvalue weighted by molar-refractivity contribution is 5.83. The predicted octanol–water partition coefficient (Wildman–Crippen LogP) is 2.92. The Bertz CT molecular complexity index is 607. The normalized spacial score (nSPS) is 26.4. The van der Waals surface area contributed by atoms with Crippen LogP contribution in [-0.4, -0.2) is 35.9 Å². The molecular formula is C19H22O5. The second-order valence-corrected chi connectivity index (χ2v) is 5.63. The van der Waals surface area contributed by atoms with Crippen LogP contribution in [0.15, 0.2) is 49.1 Å². The van der Waals surface area contributed by atoms with Gasteiger partial charge in [0.05, 0.1) is 18.8 Å². The minimum Gasteiger partial charge on any atom is -0.481 e. The lowest BCUT2D eigenvalue weighted by Crippen LogP contribution is -2.35. The predicted molar refractivity (Wildman–Crippen MR) is 90.2 cm³/mol. The van der Waals surface area contributed by atoms with Crippen molar-refractivity contribution in [1.29, 1.82) is 0 Å². The SMILES string of the molecule is C=CC1OC(/C=C/c2ccccc2)C(C(=O)O)C1C(=O)OCCC. The van der Waals surface area contributed by atoms with E-state index in [0.29, 0.717) is 6.42 Å². The summed E-state index contributed by atoms with van der Waals surface area (Å²) in [5.41, 5.74) is 0.928. The van der Waals surface area contributed by atoms with Crippen molar-refractivity contribution in [1.82, 2.24) is 0 Å². The third-order valence-corrected chi connectivity index (χ3v) is 3.93. The fourth-order valence-corrected chi connectivity index (χ4v) is 2.77. The molecule has 1 aliphatic heterocycles. The van der Waals surface area contributed by atoms with Crippen molar-refractivity contribution in [2.45, 2.75) is 25.6 Å². The highest BCUT2D eigenvalue weighted by Gasteiger charge is 2.51. The monoisotopic (exact) mass is 330 g/mol. The molecule has 5 heteroatoms. The van der Waals surface area contributed by atoms with Crippen molar-refractivity contribution in [3.63, 3.8) is 0 Å². The number of esters is 1. The number of hydrogen-bond acceptors (Lipinski definition) is 4. The highest BCUT2D eigenvalue weighted by atomic mass is 16.5. The number of carbonyl (C=O) groups is 2. The first-order chi connectivity index (χ1) is 11.6. The van der Waals surface area contributed by atoms with Crippen molar-refractivity contribution in [3.8, 4) is 0 Å². The summed E-state index contributed by atoms with van der Waals surface area (Å²) in [5.74, 6) is -3.53. The summed E-state index contributed by atoms with van der Waals surface area (Å²) in [6.07, 6.45) is 4.21. The average Bonchev–Trinajstić information content (AvgIpc) is 2.97. The molecule has 1 N–H and O–H groups in total. The molecule has 128 valence electrons. The summed E-state index contributed by atoms with van der Waals surface area (Å²) in [7, 11) is 0. The number of aliphatic carboxylic acids is 1. The first-order valence-electron chi connectivity index (χ1n) is 7.99. The first kappa shape index (κ1) is 17.9. The first-order valence-corrected chi connectivity index (χ1v) is 7.99. The van der Waals surface area contributed by atoms with Crippen LogP contribution in [0.5, 0.6) is 0 Å². The fourth-order valence-electron chi connectivity index (χ4n) is 2.77. The molecule has 2 rings (SSSR count). The lowest BCUT2D eigenvalue weighted by molar-refractivity contribution is -0.156. The van der Waals surface area contributed by atoms with Gasteiger partial charge in [0.25, 0.3) is 0 Å². The van der Waals surface area contributed by atoms with Crippen molar-refractivity contribution in [3.05, 3.63) is 54.6 Å². The van der Waals surface area contributed by atoms with E-state index in [-0.39, 0.29) is 6.61 Å². The number of carboxylic acids is 1. The van der Waals surface area contributed by atoms with E-state index in [1.165, 1.54) is 6.08 Å². The van der Waals surface area contributed by atoms with E-state index in [2.05, 4.69) is 6.58 Å². The molecule has 1 aromatic carbocycles. The zero-order chi connectivity index (χ0) is 17.5. The van der Waals surface area contributed by atoms with Crippen LogP contribution in [0, 0.1) is 11.8 Å². The molecule has 4 atom stereocenters. The molecule has 1 aromatic rings. The average molecular weight is 330 g/mol. The molecule has 1 aliphatic rings. The molecule has 1 fully saturated rings. The molecule has 0 aromatic heterocycles. The lowest BCUT2D eigenvalue weighted by Gasteiger charge is -2.17. The van der Waals surface area contributed by atoms with Gasteiger partial charge < -0.3 is 14.6 Å². The lowest BCUT2D eigenvalue weighted by atomic mass is 9.86. The minimum atomic E-state index is -1.08.